The summed E-state index contributed by atoms with van der Waals surface area (Å²) >= 11 is 0. The van der Waals surface area contributed by atoms with Crippen LogP contribution in [0.2, 0.25) is 0 Å². The zero-order valence-electron chi connectivity index (χ0n) is 17.7. The van der Waals surface area contributed by atoms with Crippen LogP contribution in [0.3, 0.4) is 0 Å². The summed E-state index contributed by atoms with van der Waals surface area (Å²) in [6.45, 7) is 1.34. The van der Waals surface area contributed by atoms with Crippen LogP contribution in [0.5, 0.6) is 5.75 Å². The second-order valence-electron chi connectivity index (χ2n) is 9.32. The Morgan fingerprint density at radius 1 is 1.06 bits per heavy atom. The van der Waals surface area contributed by atoms with Gasteiger partial charge in [-0.25, -0.2) is 0 Å². The number of hydrogen-bond acceptors (Lipinski definition) is 3. The van der Waals surface area contributed by atoms with Crippen LogP contribution in [0.1, 0.15) is 29.9 Å². The Hall–Kier alpha value is -3.00. The summed E-state index contributed by atoms with van der Waals surface area (Å²) in [6.07, 6.45) is -0.993. The molecule has 1 amide bonds. The topological polar surface area (TPSA) is 63.4 Å². The molecule has 1 aliphatic heterocycles. The first-order valence-corrected chi connectivity index (χ1v) is 11.2. The molecule has 3 aromatic rings. The monoisotopic (exact) mass is 456 g/mol. The van der Waals surface area contributed by atoms with Gasteiger partial charge >= 0.3 is 6.18 Å². The molecular weight excluding hydrogens is 433 g/mol. The number of hydrogen-bond donors (Lipinski definition) is 2. The summed E-state index contributed by atoms with van der Waals surface area (Å²) in [5.74, 6) is 1.70. The number of anilines is 1. The molecule has 6 rings (SSSR count). The molecule has 0 bridgehead atoms. The SMILES string of the molecule is O=C(Nc1c[nH]c2ccc(O[C@H]3C[C@H](c4ccc(C(F)(F)F)cc4)C3)cc12)C1C2COCC21. The van der Waals surface area contributed by atoms with Gasteiger partial charge in [-0.05, 0) is 66.5 Å². The van der Waals surface area contributed by atoms with Gasteiger partial charge in [-0.2, -0.15) is 13.2 Å². The molecule has 0 radical (unpaired) electrons. The normalized spacial score (nSPS) is 28.3. The van der Waals surface area contributed by atoms with Crippen molar-refractivity contribution in [2.75, 3.05) is 18.5 Å². The predicted octanol–water partition coefficient (Wildman–Crippen LogP) is 5.34. The highest BCUT2D eigenvalue weighted by Crippen LogP contribution is 2.51. The average molecular weight is 456 g/mol. The first-order valence-electron chi connectivity index (χ1n) is 11.2. The van der Waals surface area contributed by atoms with Crippen molar-refractivity contribution in [2.24, 2.45) is 17.8 Å². The Labute approximate surface area is 188 Å². The van der Waals surface area contributed by atoms with E-state index in [1.54, 1.807) is 18.3 Å². The van der Waals surface area contributed by atoms with E-state index in [-0.39, 0.29) is 23.8 Å². The number of alkyl halides is 3. The van der Waals surface area contributed by atoms with Gasteiger partial charge in [0.1, 0.15) is 5.75 Å². The number of aromatic nitrogens is 1. The Kier molecular flexibility index (Phi) is 4.69. The molecule has 2 aromatic carbocycles. The number of benzene rings is 2. The molecule has 3 aliphatic rings. The van der Waals surface area contributed by atoms with Crippen LogP contribution in [-0.2, 0) is 15.7 Å². The van der Waals surface area contributed by atoms with Crippen LogP contribution in [0.15, 0.2) is 48.7 Å². The molecule has 2 N–H and O–H groups in total. The van der Waals surface area contributed by atoms with E-state index >= 15 is 0 Å². The Bertz CT molecular complexity index is 1190. The molecule has 2 atom stereocenters. The quantitative estimate of drug-likeness (QED) is 0.545. The fourth-order valence-corrected chi connectivity index (χ4v) is 5.19. The third kappa shape index (κ3) is 3.76. The van der Waals surface area contributed by atoms with Crippen LogP contribution in [0, 0.1) is 17.8 Å². The fraction of sp³-hybridized carbons (Fsp3) is 0.400. The van der Waals surface area contributed by atoms with E-state index in [9.17, 15) is 18.0 Å². The van der Waals surface area contributed by atoms with E-state index in [1.807, 2.05) is 18.2 Å². The molecule has 172 valence electrons. The zero-order chi connectivity index (χ0) is 22.7. The second kappa shape index (κ2) is 7.52. The third-order valence-electron chi connectivity index (χ3n) is 7.27. The van der Waals surface area contributed by atoms with Gasteiger partial charge in [-0.15, -0.1) is 0 Å². The smallest absolute Gasteiger partial charge is 0.416 e. The van der Waals surface area contributed by atoms with Crippen molar-refractivity contribution in [3.05, 3.63) is 59.8 Å². The summed E-state index contributed by atoms with van der Waals surface area (Å²) in [7, 11) is 0. The van der Waals surface area contributed by atoms with Gasteiger partial charge < -0.3 is 19.8 Å². The first kappa shape index (κ1) is 20.6. The van der Waals surface area contributed by atoms with Gasteiger partial charge in [0.2, 0.25) is 5.91 Å². The Morgan fingerprint density at radius 3 is 2.48 bits per heavy atom. The summed E-state index contributed by atoms with van der Waals surface area (Å²) in [4.78, 5) is 15.8. The summed E-state index contributed by atoms with van der Waals surface area (Å²) in [5.41, 5.74) is 1.93. The fourth-order valence-electron chi connectivity index (χ4n) is 5.19. The van der Waals surface area contributed by atoms with E-state index in [0.29, 0.717) is 30.8 Å². The molecule has 0 spiro atoms. The number of carbonyl (C=O) groups excluding carboxylic acids is 1. The van der Waals surface area contributed by atoms with E-state index in [4.69, 9.17) is 9.47 Å². The number of fused-ring (bicyclic) bond motifs is 2. The molecule has 2 aliphatic carbocycles. The minimum Gasteiger partial charge on any atom is -0.490 e. The van der Waals surface area contributed by atoms with E-state index in [0.717, 1.165) is 47.1 Å². The van der Waals surface area contributed by atoms with E-state index in [1.165, 1.54) is 0 Å². The number of nitrogens with one attached hydrogen (secondary N) is 2. The number of amides is 1. The van der Waals surface area contributed by atoms with Crippen LogP contribution in [-0.4, -0.2) is 30.2 Å². The maximum Gasteiger partial charge on any atom is 0.416 e. The molecule has 33 heavy (non-hydrogen) atoms. The minimum absolute atomic E-state index is 0.0116. The molecule has 2 heterocycles. The van der Waals surface area contributed by atoms with Gasteiger partial charge in [0.15, 0.2) is 0 Å². The number of aromatic amines is 1. The lowest BCUT2D eigenvalue weighted by Crippen LogP contribution is -2.32. The predicted molar refractivity (Wildman–Crippen MR) is 116 cm³/mol. The van der Waals surface area contributed by atoms with Gasteiger partial charge in [0.25, 0.3) is 0 Å². The van der Waals surface area contributed by atoms with Gasteiger partial charge in [-0.3, -0.25) is 4.79 Å². The van der Waals surface area contributed by atoms with Crippen molar-refractivity contribution in [2.45, 2.75) is 31.0 Å². The van der Waals surface area contributed by atoms with Crippen molar-refractivity contribution in [1.29, 1.82) is 0 Å². The highest BCUT2D eigenvalue weighted by molar-refractivity contribution is 6.03. The molecule has 2 unspecified atom stereocenters. The molecular formula is C25H23F3N2O3. The van der Waals surface area contributed by atoms with E-state index < -0.39 is 11.7 Å². The number of halogens is 3. The first-order chi connectivity index (χ1) is 15.9. The second-order valence-corrected chi connectivity index (χ2v) is 9.32. The van der Waals surface area contributed by atoms with Crippen molar-refractivity contribution in [3.8, 4) is 5.75 Å². The largest absolute Gasteiger partial charge is 0.490 e. The molecule has 8 heteroatoms. The van der Waals surface area contributed by atoms with Gasteiger partial charge in [-0.1, -0.05) is 12.1 Å². The van der Waals surface area contributed by atoms with E-state index in [2.05, 4.69) is 10.3 Å². The lowest BCUT2D eigenvalue weighted by atomic mass is 9.77. The number of H-pyrrole nitrogens is 1. The highest BCUT2D eigenvalue weighted by Gasteiger charge is 2.58. The van der Waals surface area contributed by atoms with Crippen molar-refractivity contribution >= 4 is 22.5 Å². The average Bonchev–Trinajstić information content (AvgIpc) is 3.07. The van der Waals surface area contributed by atoms with Crippen LogP contribution < -0.4 is 10.1 Å². The maximum atomic E-state index is 12.8. The highest BCUT2D eigenvalue weighted by atomic mass is 19.4. The Balaban J connectivity index is 1.08. The minimum atomic E-state index is -4.31. The van der Waals surface area contributed by atoms with Crippen molar-refractivity contribution in [1.82, 2.24) is 4.98 Å². The molecule has 5 nitrogen and oxygen atoms in total. The number of ether oxygens (including phenoxy) is 2. The van der Waals surface area contributed by atoms with Crippen LogP contribution in [0.4, 0.5) is 18.9 Å². The standard InChI is InChI=1S/C25H23F3N2O3/c26-25(27,28)15-3-1-13(2-4-15)14-7-17(8-14)33-16-5-6-21-18(9-16)22(10-29-21)30-24(31)23-19-11-32-12-20(19)23/h1-6,9-10,14,17,19-20,23,29H,7-8,11-12H2,(H,30,31)/t14-,17-,19?,20?,23?. The molecule has 1 saturated heterocycles. The van der Waals surface area contributed by atoms with Crippen LogP contribution in [0.25, 0.3) is 10.9 Å². The zero-order valence-corrected chi connectivity index (χ0v) is 17.7. The molecule has 1 aromatic heterocycles. The van der Waals surface area contributed by atoms with Crippen molar-refractivity contribution < 1.29 is 27.4 Å². The van der Waals surface area contributed by atoms with Crippen LogP contribution >= 0.6 is 0 Å². The third-order valence-corrected chi connectivity index (χ3v) is 7.27. The summed E-state index contributed by atoms with van der Waals surface area (Å²) in [5, 5.41) is 3.94. The van der Waals surface area contributed by atoms with Gasteiger partial charge in [0.05, 0.1) is 30.6 Å². The lowest BCUT2D eigenvalue weighted by Gasteiger charge is -2.35. The Morgan fingerprint density at radius 2 is 1.79 bits per heavy atom. The summed E-state index contributed by atoms with van der Waals surface area (Å²) < 4.78 is 49.7. The van der Waals surface area contributed by atoms with Gasteiger partial charge in [0, 0.05) is 23.0 Å². The number of rotatable bonds is 5. The maximum absolute atomic E-state index is 12.8. The summed E-state index contributed by atoms with van der Waals surface area (Å²) in [6, 6.07) is 11.1. The molecule has 3 fully saturated rings. The van der Waals surface area contributed by atoms with Crippen molar-refractivity contribution in [3.63, 3.8) is 0 Å². The molecule has 2 saturated carbocycles. The number of carbonyl (C=O) groups is 1. The lowest BCUT2D eigenvalue weighted by molar-refractivity contribution is -0.137.